The first-order chi connectivity index (χ1) is 16.3. The van der Waals surface area contributed by atoms with Crippen LogP contribution in [0.2, 0.25) is 0 Å². The van der Waals surface area contributed by atoms with Crippen molar-refractivity contribution in [3.8, 4) is 0 Å². The normalized spacial score (nSPS) is 26.0. The number of likely N-dealkylation sites (tertiary alicyclic amines) is 1. The van der Waals surface area contributed by atoms with Crippen molar-refractivity contribution in [3.05, 3.63) is 41.5 Å². The topological polar surface area (TPSA) is 79.0 Å². The van der Waals surface area contributed by atoms with Crippen LogP contribution in [0.15, 0.2) is 24.3 Å². The van der Waals surface area contributed by atoms with Gasteiger partial charge in [0, 0.05) is 25.8 Å². The SMILES string of the molecule is CCCC1(C2CCN(C(=O)C=Cc3ccc(F)c(F)c3)CC2)NC(=O)N(CC2CCCO2)C1=O. The van der Waals surface area contributed by atoms with Crippen molar-refractivity contribution >= 4 is 23.9 Å². The predicted molar refractivity (Wildman–Crippen MR) is 122 cm³/mol. The second-order valence-corrected chi connectivity index (χ2v) is 9.31. The molecule has 3 saturated heterocycles. The summed E-state index contributed by atoms with van der Waals surface area (Å²) in [5, 5.41) is 3.01. The second-order valence-electron chi connectivity index (χ2n) is 9.31. The number of hydrogen-bond acceptors (Lipinski definition) is 4. The summed E-state index contributed by atoms with van der Waals surface area (Å²) in [6.45, 7) is 3.83. The fourth-order valence-electron chi connectivity index (χ4n) is 5.33. The van der Waals surface area contributed by atoms with Crippen molar-refractivity contribution in [1.29, 1.82) is 0 Å². The van der Waals surface area contributed by atoms with Crippen LogP contribution < -0.4 is 5.32 Å². The molecule has 3 heterocycles. The highest BCUT2D eigenvalue weighted by molar-refractivity contribution is 6.07. The Kier molecular flexibility index (Phi) is 7.30. The number of nitrogens with one attached hydrogen (secondary N) is 1. The van der Waals surface area contributed by atoms with Crippen LogP contribution in [-0.4, -0.2) is 65.5 Å². The molecule has 0 spiro atoms. The first kappa shape index (κ1) is 24.3. The molecule has 1 aromatic carbocycles. The van der Waals surface area contributed by atoms with Gasteiger partial charge in [0.05, 0.1) is 12.6 Å². The van der Waals surface area contributed by atoms with E-state index in [0.29, 0.717) is 44.5 Å². The van der Waals surface area contributed by atoms with Crippen LogP contribution in [0.3, 0.4) is 0 Å². The smallest absolute Gasteiger partial charge is 0.325 e. The number of piperidine rings is 1. The van der Waals surface area contributed by atoms with E-state index in [0.717, 1.165) is 31.4 Å². The highest BCUT2D eigenvalue weighted by Crippen LogP contribution is 2.37. The van der Waals surface area contributed by atoms with Crippen molar-refractivity contribution in [2.45, 2.75) is 57.1 Å². The van der Waals surface area contributed by atoms with Crippen molar-refractivity contribution in [1.82, 2.24) is 15.1 Å². The standard InChI is InChI=1S/C25H31F2N3O4/c1-2-11-25(23(32)30(24(33)28-25)16-19-4-3-14-34-19)18-9-12-29(13-10-18)22(31)8-6-17-5-7-20(26)21(27)15-17/h5-8,15,18-19H,2-4,9-14,16H2,1H3,(H,28,33). The van der Waals surface area contributed by atoms with Gasteiger partial charge in [0.25, 0.3) is 5.91 Å². The fraction of sp³-hybridized carbons (Fsp3) is 0.560. The molecule has 3 fully saturated rings. The minimum Gasteiger partial charge on any atom is -0.376 e. The number of carbonyl (C=O) groups is 3. The Bertz CT molecular complexity index is 971. The van der Waals surface area contributed by atoms with E-state index in [2.05, 4.69) is 5.32 Å². The van der Waals surface area contributed by atoms with Gasteiger partial charge in [0.2, 0.25) is 5.91 Å². The van der Waals surface area contributed by atoms with Crippen LogP contribution in [0, 0.1) is 17.6 Å². The predicted octanol–water partition coefficient (Wildman–Crippen LogP) is 3.49. The van der Waals surface area contributed by atoms with Crippen molar-refractivity contribution < 1.29 is 27.9 Å². The Morgan fingerprint density at radius 1 is 1.21 bits per heavy atom. The molecule has 0 aromatic heterocycles. The summed E-state index contributed by atoms with van der Waals surface area (Å²) in [5.41, 5.74) is -0.546. The Labute approximate surface area is 198 Å². The summed E-state index contributed by atoms with van der Waals surface area (Å²) in [4.78, 5) is 41.9. The molecule has 4 rings (SSSR count). The second kappa shape index (κ2) is 10.2. The molecule has 2 unspecified atom stereocenters. The first-order valence-corrected chi connectivity index (χ1v) is 12.0. The van der Waals surface area contributed by atoms with E-state index in [-0.39, 0.29) is 36.4 Å². The fourth-order valence-corrected chi connectivity index (χ4v) is 5.33. The monoisotopic (exact) mass is 475 g/mol. The van der Waals surface area contributed by atoms with E-state index in [4.69, 9.17) is 4.74 Å². The lowest BCUT2D eigenvalue weighted by Gasteiger charge is -2.40. The van der Waals surface area contributed by atoms with Gasteiger partial charge in [-0.25, -0.2) is 13.6 Å². The van der Waals surface area contributed by atoms with E-state index in [1.807, 2.05) is 6.92 Å². The number of ether oxygens (including phenoxy) is 1. The maximum Gasteiger partial charge on any atom is 0.325 e. The van der Waals surface area contributed by atoms with Crippen molar-refractivity contribution in [2.75, 3.05) is 26.2 Å². The van der Waals surface area contributed by atoms with Crippen LogP contribution in [0.25, 0.3) is 6.08 Å². The average Bonchev–Trinajstić information content (AvgIpc) is 3.43. The zero-order valence-electron chi connectivity index (χ0n) is 19.4. The number of rotatable bonds is 7. The van der Waals surface area contributed by atoms with E-state index in [1.165, 1.54) is 23.1 Å². The molecule has 34 heavy (non-hydrogen) atoms. The van der Waals surface area contributed by atoms with Crippen molar-refractivity contribution in [2.24, 2.45) is 5.92 Å². The Morgan fingerprint density at radius 2 is 1.97 bits per heavy atom. The average molecular weight is 476 g/mol. The number of halogens is 2. The number of benzene rings is 1. The maximum atomic E-state index is 13.5. The van der Waals surface area contributed by atoms with Gasteiger partial charge < -0.3 is 15.0 Å². The summed E-state index contributed by atoms with van der Waals surface area (Å²) in [5.74, 6) is -2.38. The molecule has 7 nitrogen and oxygen atoms in total. The lowest BCUT2D eigenvalue weighted by atomic mass is 9.74. The van der Waals surface area contributed by atoms with Gasteiger partial charge in [-0.3, -0.25) is 14.5 Å². The molecule has 184 valence electrons. The van der Waals surface area contributed by atoms with E-state index >= 15 is 0 Å². The highest BCUT2D eigenvalue weighted by atomic mass is 19.2. The number of hydrogen-bond donors (Lipinski definition) is 1. The zero-order valence-corrected chi connectivity index (χ0v) is 19.4. The lowest BCUT2D eigenvalue weighted by molar-refractivity contribution is -0.136. The minimum atomic E-state index is -0.964. The molecule has 0 aliphatic carbocycles. The quantitative estimate of drug-likeness (QED) is 0.484. The third-order valence-corrected chi connectivity index (χ3v) is 7.12. The molecule has 0 radical (unpaired) electrons. The molecule has 1 N–H and O–H groups in total. The van der Waals surface area contributed by atoms with E-state index in [1.54, 1.807) is 4.90 Å². The first-order valence-electron chi connectivity index (χ1n) is 12.0. The van der Waals surface area contributed by atoms with Gasteiger partial charge >= 0.3 is 6.03 Å². The third kappa shape index (κ3) is 4.85. The highest BCUT2D eigenvalue weighted by Gasteiger charge is 2.55. The van der Waals surface area contributed by atoms with Gasteiger partial charge in [0.15, 0.2) is 11.6 Å². The number of imide groups is 1. The molecule has 0 saturated carbocycles. The largest absolute Gasteiger partial charge is 0.376 e. The number of amides is 4. The molecule has 9 heteroatoms. The minimum absolute atomic E-state index is 0.0716. The molecule has 1 aromatic rings. The molecular formula is C25H31F2N3O4. The third-order valence-electron chi connectivity index (χ3n) is 7.12. The molecule has 2 atom stereocenters. The summed E-state index contributed by atoms with van der Waals surface area (Å²) in [7, 11) is 0. The molecule has 3 aliphatic heterocycles. The Hall–Kier alpha value is -2.81. The summed E-state index contributed by atoms with van der Waals surface area (Å²) in [6.07, 6.45) is 6.95. The van der Waals surface area contributed by atoms with Gasteiger partial charge in [-0.15, -0.1) is 0 Å². The maximum absolute atomic E-state index is 13.5. The Morgan fingerprint density at radius 3 is 2.62 bits per heavy atom. The molecule has 0 bridgehead atoms. The molecule has 3 aliphatic rings. The van der Waals surface area contributed by atoms with Crippen LogP contribution in [0.1, 0.15) is 51.0 Å². The number of carbonyl (C=O) groups excluding carboxylic acids is 3. The van der Waals surface area contributed by atoms with Crippen molar-refractivity contribution in [3.63, 3.8) is 0 Å². The van der Waals surface area contributed by atoms with Crippen LogP contribution in [-0.2, 0) is 14.3 Å². The van der Waals surface area contributed by atoms with Gasteiger partial charge in [-0.1, -0.05) is 19.4 Å². The number of urea groups is 1. The van der Waals surface area contributed by atoms with Crippen LogP contribution >= 0.6 is 0 Å². The van der Waals surface area contributed by atoms with Gasteiger partial charge in [-0.2, -0.15) is 0 Å². The lowest BCUT2D eigenvalue weighted by Crippen LogP contribution is -2.56. The van der Waals surface area contributed by atoms with Crippen LogP contribution in [0.4, 0.5) is 13.6 Å². The van der Waals surface area contributed by atoms with Gasteiger partial charge in [-0.05, 0) is 61.8 Å². The van der Waals surface area contributed by atoms with E-state index in [9.17, 15) is 23.2 Å². The molecular weight excluding hydrogens is 444 g/mol. The number of nitrogens with zero attached hydrogens (tertiary/aromatic N) is 2. The van der Waals surface area contributed by atoms with E-state index < -0.39 is 17.2 Å². The van der Waals surface area contributed by atoms with Crippen LogP contribution in [0.5, 0.6) is 0 Å². The summed E-state index contributed by atoms with van der Waals surface area (Å²) >= 11 is 0. The summed E-state index contributed by atoms with van der Waals surface area (Å²) in [6, 6.07) is 3.10. The Balaban J connectivity index is 1.39. The molecule has 4 amide bonds. The zero-order chi connectivity index (χ0) is 24.3. The van der Waals surface area contributed by atoms with Gasteiger partial charge in [0.1, 0.15) is 5.54 Å². The summed E-state index contributed by atoms with van der Waals surface area (Å²) < 4.78 is 32.1.